The van der Waals surface area contributed by atoms with Crippen LogP contribution in [0.25, 0.3) is 21.7 Å². The van der Waals surface area contributed by atoms with Crippen LogP contribution in [0.15, 0.2) is 134 Å². The third kappa shape index (κ3) is 8.29. The molecule has 0 fully saturated rings. The Bertz CT molecular complexity index is 1930. The van der Waals surface area contributed by atoms with Gasteiger partial charge in [0.25, 0.3) is 17.1 Å². The molecule has 46 heavy (non-hydrogen) atoms. The molecule has 2 N–H and O–H groups in total. The number of thiazole rings is 1. The van der Waals surface area contributed by atoms with Crippen LogP contribution in [0.2, 0.25) is 0 Å². The van der Waals surface area contributed by atoms with Crippen LogP contribution in [0.5, 0.6) is 5.75 Å². The molecular weight excluding hydrogens is 620 g/mol. The number of methoxy groups -OCH3 is 1. The smallest absolute Gasteiger partial charge is 0.257 e. The highest BCUT2D eigenvalue weighted by Crippen LogP contribution is 2.40. The first-order valence-electron chi connectivity index (χ1n) is 14.0. The van der Waals surface area contributed by atoms with E-state index in [0.717, 1.165) is 21.8 Å². The van der Waals surface area contributed by atoms with Gasteiger partial charge in [-0.05, 0) is 77.8 Å². The van der Waals surface area contributed by atoms with Crippen molar-refractivity contribution in [3.05, 3.63) is 150 Å². The highest BCUT2D eigenvalue weighted by atomic mass is 35.5. The first kappa shape index (κ1) is 31.8. The largest absolute Gasteiger partial charge is 0.497 e. The molecule has 0 aliphatic heterocycles. The first-order valence-corrected chi connectivity index (χ1v) is 15.2. The van der Waals surface area contributed by atoms with E-state index in [0.29, 0.717) is 33.3 Å². The van der Waals surface area contributed by atoms with Crippen LogP contribution < -0.4 is 15.4 Å². The van der Waals surface area contributed by atoms with Gasteiger partial charge < -0.3 is 10.1 Å². The summed E-state index contributed by atoms with van der Waals surface area (Å²) in [7, 11) is 1.61. The Balaban J connectivity index is 0.000000400. The summed E-state index contributed by atoms with van der Waals surface area (Å²) in [6.07, 6.45) is 1.63. The van der Waals surface area contributed by atoms with Gasteiger partial charge in [0, 0.05) is 28.5 Å². The predicted molar refractivity (Wildman–Crippen MR) is 183 cm³/mol. The predicted octanol–water partition coefficient (Wildman–Crippen LogP) is 8.45. The highest BCUT2D eigenvalue weighted by molar-refractivity contribution is 7.19. The SMILES string of the molecule is COc1ccc(-c2nc(NC(=O)c3ccccc3)sc2-c2ccnc(NC(=O)c3ccccc3)c2)cc1.O=C(Cl)c1ccccc1. The van der Waals surface area contributed by atoms with Gasteiger partial charge >= 0.3 is 0 Å². The van der Waals surface area contributed by atoms with Gasteiger partial charge in [-0.1, -0.05) is 78.1 Å². The Morgan fingerprint density at radius 3 is 1.74 bits per heavy atom. The number of halogens is 1. The monoisotopic (exact) mass is 646 g/mol. The maximum absolute atomic E-state index is 12.8. The lowest BCUT2D eigenvalue weighted by Gasteiger charge is -2.07. The van der Waals surface area contributed by atoms with Crippen LogP contribution >= 0.6 is 22.9 Å². The minimum absolute atomic E-state index is 0.243. The number of ether oxygens (including phenoxy) is 1. The number of nitrogens with zero attached hydrogens (tertiary/aromatic N) is 2. The van der Waals surface area contributed by atoms with E-state index in [4.69, 9.17) is 21.3 Å². The molecule has 0 saturated carbocycles. The number of hydrogen-bond donors (Lipinski definition) is 2. The second-order valence-corrected chi connectivity index (χ2v) is 11.0. The fourth-order valence-electron chi connectivity index (χ4n) is 4.26. The van der Waals surface area contributed by atoms with Crippen molar-refractivity contribution in [3.63, 3.8) is 0 Å². The number of aromatic nitrogens is 2. The van der Waals surface area contributed by atoms with E-state index in [2.05, 4.69) is 15.6 Å². The van der Waals surface area contributed by atoms with Crippen molar-refractivity contribution in [3.8, 4) is 27.4 Å². The molecule has 2 aromatic heterocycles. The Kier molecular flexibility index (Phi) is 10.6. The summed E-state index contributed by atoms with van der Waals surface area (Å²) in [5, 5.41) is 5.81. The average Bonchev–Trinajstić information content (AvgIpc) is 3.53. The Hall–Kier alpha value is -5.64. The standard InChI is InChI=1S/C29H22N4O3S.C7H5ClO/c1-36-23-14-12-19(13-15-23)25-26(37-29(32-25)33-28(35)21-10-6-3-7-11-21)22-16-17-30-24(18-22)31-27(34)20-8-4-2-5-9-20;8-7(9)6-4-2-1-3-5-6/h2-18H,1H3,(H,30,31,34)(H,32,33,35);1-5H. The van der Waals surface area contributed by atoms with Crippen LogP contribution in [-0.2, 0) is 0 Å². The number of rotatable bonds is 8. The van der Waals surface area contributed by atoms with Gasteiger partial charge in [0.1, 0.15) is 11.6 Å². The Morgan fingerprint density at radius 1 is 0.674 bits per heavy atom. The number of carbonyl (C=O) groups excluding carboxylic acids is 3. The zero-order valence-electron chi connectivity index (χ0n) is 24.5. The van der Waals surface area contributed by atoms with Crippen LogP contribution in [0.3, 0.4) is 0 Å². The van der Waals surface area contributed by atoms with Crippen molar-refractivity contribution in [2.45, 2.75) is 0 Å². The quantitative estimate of drug-likeness (QED) is 0.161. The normalized spacial score (nSPS) is 10.2. The number of hydrogen-bond acceptors (Lipinski definition) is 7. The summed E-state index contributed by atoms with van der Waals surface area (Å²) < 4.78 is 5.29. The average molecular weight is 647 g/mol. The minimum Gasteiger partial charge on any atom is -0.497 e. The molecule has 0 saturated heterocycles. The molecule has 4 aromatic carbocycles. The molecule has 6 rings (SSSR count). The van der Waals surface area contributed by atoms with Crippen molar-refractivity contribution < 1.29 is 19.1 Å². The number of carbonyl (C=O) groups is 3. The lowest BCUT2D eigenvalue weighted by atomic mass is 10.1. The van der Waals surface area contributed by atoms with Gasteiger partial charge in [0.05, 0.1) is 17.7 Å². The fraction of sp³-hybridized carbons (Fsp3) is 0.0278. The van der Waals surface area contributed by atoms with E-state index in [1.54, 1.807) is 67.9 Å². The van der Waals surface area contributed by atoms with Crippen LogP contribution in [0.1, 0.15) is 31.1 Å². The number of nitrogens with one attached hydrogen (secondary N) is 2. The van der Waals surface area contributed by atoms with E-state index in [1.807, 2.05) is 72.8 Å². The molecule has 6 aromatic rings. The van der Waals surface area contributed by atoms with Crippen molar-refractivity contribution in [2.24, 2.45) is 0 Å². The highest BCUT2D eigenvalue weighted by Gasteiger charge is 2.18. The van der Waals surface area contributed by atoms with E-state index < -0.39 is 5.24 Å². The molecule has 0 aliphatic rings. The zero-order valence-corrected chi connectivity index (χ0v) is 26.1. The van der Waals surface area contributed by atoms with Gasteiger partial charge in [-0.3, -0.25) is 19.7 Å². The van der Waals surface area contributed by atoms with Crippen molar-refractivity contribution in [1.29, 1.82) is 0 Å². The second-order valence-electron chi connectivity index (χ2n) is 9.64. The van der Waals surface area contributed by atoms with Crippen LogP contribution in [0, 0.1) is 0 Å². The number of benzene rings is 4. The zero-order chi connectivity index (χ0) is 32.3. The third-order valence-corrected chi connectivity index (χ3v) is 7.79. The first-order chi connectivity index (χ1) is 22.4. The van der Waals surface area contributed by atoms with Gasteiger partial charge in [0.15, 0.2) is 5.13 Å². The maximum Gasteiger partial charge on any atom is 0.257 e. The Morgan fingerprint density at radius 2 is 1.22 bits per heavy atom. The summed E-state index contributed by atoms with van der Waals surface area (Å²) in [4.78, 5) is 45.7. The number of pyridine rings is 1. The lowest BCUT2D eigenvalue weighted by Crippen LogP contribution is -2.12. The molecule has 0 aliphatic carbocycles. The van der Waals surface area contributed by atoms with Crippen LogP contribution in [-0.4, -0.2) is 34.1 Å². The molecule has 2 heterocycles. The molecule has 228 valence electrons. The van der Waals surface area contributed by atoms with Gasteiger partial charge in [-0.15, -0.1) is 0 Å². The third-order valence-electron chi connectivity index (χ3n) is 6.55. The van der Waals surface area contributed by atoms with Gasteiger partial charge in [-0.2, -0.15) is 0 Å². The minimum atomic E-state index is -0.407. The van der Waals surface area contributed by atoms with E-state index >= 15 is 0 Å². The topological polar surface area (TPSA) is 110 Å². The molecule has 2 amide bonds. The second kappa shape index (κ2) is 15.4. The maximum atomic E-state index is 12.8. The van der Waals surface area contributed by atoms with Crippen molar-refractivity contribution in [1.82, 2.24) is 9.97 Å². The molecule has 10 heteroatoms. The fourth-order valence-corrected chi connectivity index (χ4v) is 5.36. The summed E-state index contributed by atoms with van der Waals surface area (Å²) in [6, 6.07) is 37.9. The van der Waals surface area contributed by atoms with E-state index in [9.17, 15) is 14.4 Å². The Labute approximate surface area is 274 Å². The summed E-state index contributed by atoms with van der Waals surface area (Å²) >= 11 is 6.51. The summed E-state index contributed by atoms with van der Waals surface area (Å²) in [5.41, 5.74) is 3.99. The van der Waals surface area contributed by atoms with E-state index in [-0.39, 0.29) is 11.8 Å². The molecule has 0 bridgehead atoms. The molecular formula is C36H27ClN4O4S. The lowest BCUT2D eigenvalue weighted by molar-refractivity contribution is 0.101. The van der Waals surface area contributed by atoms with Crippen molar-refractivity contribution >= 4 is 50.9 Å². The summed E-state index contributed by atoms with van der Waals surface area (Å²) in [5.74, 6) is 0.650. The van der Waals surface area contributed by atoms with Crippen molar-refractivity contribution in [2.75, 3.05) is 17.7 Å². The van der Waals surface area contributed by atoms with Gasteiger partial charge in [0.2, 0.25) is 0 Å². The van der Waals surface area contributed by atoms with Gasteiger partial charge in [-0.25, -0.2) is 9.97 Å². The van der Waals surface area contributed by atoms with Crippen LogP contribution in [0.4, 0.5) is 10.9 Å². The number of anilines is 2. The molecule has 0 unspecified atom stereocenters. The molecule has 0 radical (unpaired) electrons. The molecule has 0 spiro atoms. The number of amides is 2. The molecule has 8 nitrogen and oxygen atoms in total. The summed E-state index contributed by atoms with van der Waals surface area (Å²) in [6.45, 7) is 0. The van der Waals surface area contributed by atoms with E-state index in [1.165, 1.54) is 11.3 Å². The molecule has 0 atom stereocenters.